The third-order valence-corrected chi connectivity index (χ3v) is 4.38. The molecule has 0 spiro atoms. The Morgan fingerprint density at radius 2 is 1.89 bits per heavy atom. The van der Waals surface area contributed by atoms with Crippen LogP contribution in [-0.4, -0.2) is 15.9 Å². The Morgan fingerprint density at radius 3 is 2.44 bits per heavy atom. The van der Waals surface area contributed by atoms with Gasteiger partial charge < -0.3 is 5.73 Å². The van der Waals surface area contributed by atoms with Crippen LogP contribution >= 0.6 is 11.3 Å². The molecule has 1 aromatic carbocycles. The third kappa shape index (κ3) is 3.51. The summed E-state index contributed by atoms with van der Waals surface area (Å²) in [6.07, 6.45) is 0. The molecule has 1 aromatic heterocycles. The Bertz CT molecular complexity index is 547. The van der Waals surface area contributed by atoms with E-state index in [4.69, 9.17) is 5.73 Å². The van der Waals surface area contributed by atoms with Crippen molar-refractivity contribution in [2.45, 2.75) is 5.75 Å². The van der Waals surface area contributed by atoms with Gasteiger partial charge in [0.2, 0.25) is 5.91 Å². The molecule has 0 saturated carbocycles. The smallest absolute Gasteiger partial charge is 0.230 e. The second-order valence-corrected chi connectivity index (χ2v) is 6.14. The van der Waals surface area contributed by atoms with Crippen molar-refractivity contribution < 1.29 is 9.00 Å². The zero-order valence-electron chi connectivity index (χ0n) is 9.67. The summed E-state index contributed by atoms with van der Waals surface area (Å²) in [6.45, 7) is 0. The van der Waals surface area contributed by atoms with E-state index >= 15 is 0 Å². The number of nitrogens with two attached hydrogens (primary N) is 1. The summed E-state index contributed by atoms with van der Waals surface area (Å²) in [7, 11) is -1.22. The number of benzene rings is 1. The molecule has 0 bridgehead atoms. The summed E-state index contributed by atoms with van der Waals surface area (Å²) in [5.74, 6) is -0.234. The Labute approximate surface area is 112 Å². The molecule has 0 fully saturated rings. The molecule has 94 valence electrons. The molecule has 0 radical (unpaired) electrons. The van der Waals surface area contributed by atoms with Gasteiger partial charge in [0.15, 0.2) is 0 Å². The zero-order chi connectivity index (χ0) is 13.0. The van der Waals surface area contributed by atoms with Gasteiger partial charge in [-0.25, -0.2) is 0 Å². The van der Waals surface area contributed by atoms with E-state index in [1.807, 2.05) is 29.6 Å². The van der Waals surface area contributed by atoms with E-state index in [0.717, 1.165) is 11.1 Å². The number of primary amides is 1. The van der Waals surface area contributed by atoms with Gasteiger partial charge in [-0.3, -0.25) is 9.00 Å². The summed E-state index contributed by atoms with van der Waals surface area (Å²) < 4.78 is 11.5. The molecule has 0 saturated heterocycles. The lowest BCUT2D eigenvalue weighted by Gasteiger charge is -2.02. The molecule has 0 aliphatic carbocycles. The van der Waals surface area contributed by atoms with Crippen LogP contribution in [-0.2, 0) is 21.3 Å². The minimum Gasteiger partial charge on any atom is -0.369 e. The van der Waals surface area contributed by atoms with Crippen LogP contribution in [0.1, 0.15) is 5.56 Å². The van der Waals surface area contributed by atoms with E-state index in [0.29, 0.717) is 5.75 Å². The van der Waals surface area contributed by atoms with Crippen molar-refractivity contribution in [1.82, 2.24) is 0 Å². The van der Waals surface area contributed by atoms with Crippen molar-refractivity contribution in [3.63, 3.8) is 0 Å². The largest absolute Gasteiger partial charge is 0.369 e. The van der Waals surface area contributed by atoms with Gasteiger partial charge in [-0.15, -0.1) is 0 Å². The van der Waals surface area contributed by atoms with Crippen molar-refractivity contribution in [1.29, 1.82) is 0 Å². The monoisotopic (exact) mass is 279 g/mol. The predicted molar refractivity (Wildman–Crippen MR) is 75.7 cm³/mol. The second-order valence-electron chi connectivity index (χ2n) is 3.90. The molecule has 18 heavy (non-hydrogen) atoms. The molecule has 1 atom stereocenters. The van der Waals surface area contributed by atoms with Crippen LogP contribution in [0.3, 0.4) is 0 Å². The van der Waals surface area contributed by atoms with Crippen LogP contribution in [0.5, 0.6) is 0 Å². The van der Waals surface area contributed by atoms with E-state index in [9.17, 15) is 9.00 Å². The van der Waals surface area contributed by atoms with Crippen molar-refractivity contribution in [2.75, 3.05) is 5.75 Å². The average Bonchev–Trinajstić information content (AvgIpc) is 2.82. The van der Waals surface area contributed by atoms with Crippen LogP contribution in [0.4, 0.5) is 0 Å². The SMILES string of the molecule is NC(=O)C[S@](=O)Cc1ccc(-c2ccsc2)cc1. The van der Waals surface area contributed by atoms with Gasteiger partial charge in [0.1, 0.15) is 5.75 Å². The highest BCUT2D eigenvalue weighted by Crippen LogP contribution is 2.22. The zero-order valence-corrected chi connectivity index (χ0v) is 11.3. The summed E-state index contributed by atoms with van der Waals surface area (Å²) >= 11 is 1.66. The van der Waals surface area contributed by atoms with Crippen LogP contribution in [0.25, 0.3) is 11.1 Å². The number of hydrogen-bond donors (Lipinski definition) is 1. The van der Waals surface area contributed by atoms with E-state index in [1.165, 1.54) is 5.56 Å². The quantitative estimate of drug-likeness (QED) is 0.911. The van der Waals surface area contributed by atoms with Gasteiger partial charge in [-0.2, -0.15) is 11.3 Å². The van der Waals surface area contributed by atoms with Gasteiger partial charge in [-0.1, -0.05) is 24.3 Å². The van der Waals surface area contributed by atoms with Gasteiger partial charge in [0.05, 0.1) is 0 Å². The van der Waals surface area contributed by atoms with Gasteiger partial charge in [-0.05, 0) is 33.5 Å². The topological polar surface area (TPSA) is 60.2 Å². The minimum atomic E-state index is -1.22. The maximum atomic E-state index is 11.5. The summed E-state index contributed by atoms with van der Waals surface area (Å²) in [6, 6.07) is 9.93. The average molecular weight is 279 g/mol. The molecule has 0 aliphatic rings. The maximum Gasteiger partial charge on any atom is 0.230 e. The number of amides is 1. The minimum absolute atomic E-state index is 0.0771. The molecule has 0 aliphatic heterocycles. The normalized spacial score (nSPS) is 12.2. The first kappa shape index (κ1) is 13.0. The summed E-state index contributed by atoms with van der Waals surface area (Å²) in [5, 5.41) is 4.12. The summed E-state index contributed by atoms with van der Waals surface area (Å²) in [4.78, 5) is 10.6. The van der Waals surface area contributed by atoms with Gasteiger partial charge >= 0.3 is 0 Å². The summed E-state index contributed by atoms with van der Waals surface area (Å²) in [5.41, 5.74) is 8.28. The van der Waals surface area contributed by atoms with Crippen molar-refractivity contribution in [2.24, 2.45) is 5.73 Å². The predicted octanol–water partition coefficient (Wildman–Crippen LogP) is 2.15. The van der Waals surface area contributed by atoms with Gasteiger partial charge in [0, 0.05) is 16.6 Å². The molecule has 1 heterocycles. The lowest BCUT2D eigenvalue weighted by molar-refractivity contribution is -0.115. The van der Waals surface area contributed by atoms with Crippen LogP contribution < -0.4 is 5.73 Å². The molecule has 2 N–H and O–H groups in total. The van der Waals surface area contributed by atoms with Crippen LogP contribution in [0, 0.1) is 0 Å². The lowest BCUT2D eigenvalue weighted by atomic mass is 10.1. The van der Waals surface area contributed by atoms with Crippen molar-refractivity contribution in [3.05, 3.63) is 46.7 Å². The third-order valence-electron chi connectivity index (χ3n) is 2.44. The Balaban J connectivity index is 2.04. The number of thiophene rings is 1. The first-order valence-electron chi connectivity index (χ1n) is 5.40. The molecule has 2 aromatic rings. The van der Waals surface area contributed by atoms with E-state index in [1.54, 1.807) is 11.3 Å². The molecular weight excluding hydrogens is 266 g/mol. The maximum absolute atomic E-state index is 11.5. The van der Waals surface area contributed by atoms with Crippen LogP contribution in [0.15, 0.2) is 41.1 Å². The van der Waals surface area contributed by atoms with Gasteiger partial charge in [0.25, 0.3) is 0 Å². The van der Waals surface area contributed by atoms with Crippen molar-refractivity contribution in [3.8, 4) is 11.1 Å². The first-order valence-corrected chi connectivity index (χ1v) is 7.83. The number of carbonyl (C=O) groups excluding carboxylic acids is 1. The molecule has 3 nitrogen and oxygen atoms in total. The van der Waals surface area contributed by atoms with Crippen molar-refractivity contribution >= 4 is 28.0 Å². The fourth-order valence-electron chi connectivity index (χ4n) is 1.62. The Morgan fingerprint density at radius 1 is 1.17 bits per heavy atom. The number of rotatable bonds is 5. The first-order chi connectivity index (χ1) is 8.65. The number of carbonyl (C=O) groups is 1. The highest BCUT2D eigenvalue weighted by atomic mass is 32.2. The molecule has 0 unspecified atom stereocenters. The second kappa shape index (κ2) is 5.93. The Hall–Kier alpha value is -1.46. The molecule has 2 rings (SSSR count). The van der Waals surface area contributed by atoms with E-state index in [-0.39, 0.29) is 5.75 Å². The fraction of sp³-hybridized carbons (Fsp3) is 0.154. The highest BCUT2D eigenvalue weighted by molar-refractivity contribution is 7.84. The lowest BCUT2D eigenvalue weighted by Crippen LogP contribution is -2.20. The van der Waals surface area contributed by atoms with E-state index < -0.39 is 16.7 Å². The molecular formula is C13H13NO2S2. The fourth-order valence-corrected chi connectivity index (χ4v) is 3.27. The number of hydrogen-bond acceptors (Lipinski definition) is 3. The molecule has 5 heteroatoms. The van der Waals surface area contributed by atoms with E-state index in [2.05, 4.69) is 11.4 Å². The highest BCUT2D eigenvalue weighted by Gasteiger charge is 2.06. The van der Waals surface area contributed by atoms with Crippen LogP contribution in [0.2, 0.25) is 0 Å². The standard InChI is InChI=1S/C13H13NO2S2/c14-13(15)9-18(16)8-10-1-3-11(4-2-10)12-5-6-17-7-12/h1-7H,8-9H2,(H2,14,15)/t18-/m1/s1. The molecule has 1 amide bonds. The Kier molecular flexibility index (Phi) is 4.28.